The summed E-state index contributed by atoms with van der Waals surface area (Å²) in [6.45, 7) is 0.202. The molecule has 0 bridgehead atoms. The summed E-state index contributed by atoms with van der Waals surface area (Å²) in [6.07, 6.45) is 1.20. The molecule has 8 nitrogen and oxygen atoms in total. The summed E-state index contributed by atoms with van der Waals surface area (Å²) >= 11 is 0. The van der Waals surface area contributed by atoms with Gasteiger partial charge in [0.2, 0.25) is 17.7 Å². The molecule has 3 amide bonds. The molecule has 2 fully saturated rings. The van der Waals surface area contributed by atoms with E-state index in [9.17, 15) is 19.2 Å². The number of amides is 3. The SMILES string of the molecule is COc1cccc(N2C[C@@H](C(=O)Oc3cccc(N4C(=O)CCCC4=O)c3)CC2=O)c1. The fourth-order valence-corrected chi connectivity index (χ4v) is 3.82. The van der Waals surface area contributed by atoms with Crippen LogP contribution in [0.15, 0.2) is 48.5 Å². The summed E-state index contributed by atoms with van der Waals surface area (Å²) in [5.74, 6) is -1.03. The Morgan fingerprint density at radius 2 is 1.55 bits per heavy atom. The maximum Gasteiger partial charge on any atom is 0.316 e. The minimum atomic E-state index is -0.624. The number of nitrogens with zero attached hydrogens (tertiary/aromatic N) is 2. The van der Waals surface area contributed by atoms with E-state index < -0.39 is 11.9 Å². The van der Waals surface area contributed by atoms with Crippen LogP contribution in [-0.4, -0.2) is 37.3 Å². The van der Waals surface area contributed by atoms with Crippen molar-refractivity contribution in [3.05, 3.63) is 48.5 Å². The molecule has 4 rings (SSSR count). The van der Waals surface area contributed by atoms with Crippen LogP contribution in [0.3, 0.4) is 0 Å². The van der Waals surface area contributed by atoms with Gasteiger partial charge in [0.15, 0.2) is 0 Å². The molecule has 160 valence electrons. The first-order valence-corrected chi connectivity index (χ1v) is 10.1. The zero-order chi connectivity index (χ0) is 22.0. The van der Waals surface area contributed by atoms with Crippen molar-refractivity contribution in [2.45, 2.75) is 25.7 Å². The monoisotopic (exact) mass is 422 g/mol. The number of rotatable bonds is 5. The van der Waals surface area contributed by atoms with Crippen molar-refractivity contribution in [3.63, 3.8) is 0 Å². The highest BCUT2D eigenvalue weighted by atomic mass is 16.5. The summed E-state index contributed by atoms with van der Waals surface area (Å²) in [5.41, 5.74) is 1.03. The van der Waals surface area contributed by atoms with Crippen LogP contribution in [0.1, 0.15) is 25.7 Å². The number of carbonyl (C=O) groups is 4. The highest BCUT2D eigenvalue weighted by Gasteiger charge is 2.36. The van der Waals surface area contributed by atoms with Crippen LogP contribution in [0.25, 0.3) is 0 Å². The predicted octanol–water partition coefficient (Wildman–Crippen LogP) is 2.70. The van der Waals surface area contributed by atoms with Crippen LogP contribution < -0.4 is 19.3 Å². The summed E-state index contributed by atoms with van der Waals surface area (Å²) in [6, 6.07) is 13.4. The average molecular weight is 422 g/mol. The van der Waals surface area contributed by atoms with E-state index >= 15 is 0 Å². The predicted molar refractivity (Wildman–Crippen MR) is 112 cm³/mol. The first-order valence-electron chi connectivity index (χ1n) is 10.1. The Balaban J connectivity index is 1.46. The van der Waals surface area contributed by atoms with Crippen molar-refractivity contribution in [1.29, 1.82) is 0 Å². The van der Waals surface area contributed by atoms with E-state index in [1.807, 2.05) is 0 Å². The summed E-state index contributed by atoms with van der Waals surface area (Å²) in [5, 5.41) is 0. The van der Waals surface area contributed by atoms with E-state index in [2.05, 4.69) is 0 Å². The molecule has 2 aliphatic heterocycles. The number of benzene rings is 2. The van der Waals surface area contributed by atoms with E-state index in [1.165, 1.54) is 11.0 Å². The molecule has 2 aromatic rings. The van der Waals surface area contributed by atoms with E-state index in [1.54, 1.807) is 49.6 Å². The lowest BCUT2D eigenvalue weighted by atomic mass is 10.1. The van der Waals surface area contributed by atoms with Crippen molar-refractivity contribution in [2.24, 2.45) is 5.92 Å². The van der Waals surface area contributed by atoms with Gasteiger partial charge in [-0.3, -0.25) is 24.1 Å². The molecule has 0 aromatic heterocycles. The Hall–Kier alpha value is -3.68. The first-order chi connectivity index (χ1) is 15.0. The highest BCUT2D eigenvalue weighted by molar-refractivity contribution is 6.16. The molecule has 2 saturated heterocycles. The molecule has 2 heterocycles. The number of piperidine rings is 1. The Kier molecular flexibility index (Phi) is 5.70. The molecule has 0 aliphatic carbocycles. The lowest BCUT2D eigenvalue weighted by Gasteiger charge is -2.25. The minimum Gasteiger partial charge on any atom is -0.497 e. The maximum absolute atomic E-state index is 12.7. The maximum atomic E-state index is 12.7. The van der Waals surface area contributed by atoms with Gasteiger partial charge in [0, 0.05) is 43.6 Å². The lowest BCUT2D eigenvalue weighted by molar-refractivity contribution is -0.139. The molecule has 0 spiro atoms. The van der Waals surface area contributed by atoms with Gasteiger partial charge >= 0.3 is 5.97 Å². The second-order valence-corrected chi connectivity index (χ2v) is 7.50. The molecule has 1 atom stereocenters. The average Bonchev–Trinajstić information content (AvgIpc) is 3.16. The number of methoxy groups -OCH3 is 1. The summed E-state index contributed by atoms with van der Waals surface area (Å²) in [7, 11) is 1.55. The van der Waals surface area contributed by atoms with Crippen LogP contribution in [0, 0.1) is 5.92 Å². The third kappa shape index (κ3) is 4.28. The number of ether oxygens (including phenoxy) is 2. The highest BCUT2D eigenvalue weighted by Crippen LogP contribution is 2.30. The summed E-state index contributed by atoms with van der Waals surface area (Å²) in [4.78, 5) is 52.1. The molecule has 2 aromatic carbocycles. The largest absolute Gasteiger partial charge is 0.497 e. The lowest BCUT2D eigenvalue weighted by Crippen LogP contribution is -2.40. The third-order valence-electron chi connectivity index (χ3n) is 5.40. The summed E-state index contributed by atoms with van der Waals surface area (Å²) < 4.78 is 10.7. The molecular formula is C23H22N2O6. The Morgan fingerprint density at radius 3 is 2.26 bits per heavy atom. The van der Waals surface area contributed by atoms with Gasteiger partial charge in [-0.15, -0.1) is 0 Å². The minimum absolute atomic E-state index is 0.0405. The van der Waals surface area contributed by atoms with Crippen LogP contribution in [0.2, 0.25) is 0 Å². The van der Waals surface area contributed by atoms with E-state index in [0.717, 1.165) is 4.90 Å². The quantitative estimate of drug-likeness (QED) is 0.418. The molecule has 31 heavy (non-hydrogen) atoms. The molecule has 8 heteroatoms. The number of anilines is 2. The zero-order valence-corrected chi connectivity index (χ0v) is 17.1. The number of carbonyl (C=O) groups excluding carboxylic acids is 4. The second kappa shape index (κ2) is 8.59. The molecule has 0 saturated carbocycles. The van der Waals surface area contributed by atoms with Gasteiger partial charge in [-0.05, 0) is 30.7 Å². The standard InChI is InChI=1S/C23H22N2O6/c1-30-18-7-2-5-16(12-18)24-14-15(11-22(24)28)23(29)31-19-8-3-6-17(13-19)25-20(26)9-4-10-21(25)27/h2-3,5-8,12-13,15H,4,9-11,14H2,1H3/t15-/m0/s1. The van der Waals surface area contributed by atoms with Gasteiger partial charge < -0.3 is 14.4 Å². The van der Waals surface area contributed by atoms with Crippen molar-refractivity contribution >= 4 is 35.1 Å². The second-order valence-electron chi connectivity index (χ2n) is 7.50. The van der Waals surface area contributed by atoms with E-state index in [-0.39, 0.29) is 36.4 Å². The number of hydrogen-bond acceptors (Lipinski definition) is 6. The normalized spacial score (nSPS) is 19.0. The Bertz CT molecular complexity index is 1030. The van der Waals surface area contributed by atoms with Crippen molar-refractivity contribution in [2.75, 3.05) is 23.5 Å². The van der Waals surface area contributed by atoms with Gasteiger partial charge in [-0.2, -0.15) is 0 Å². The molecule has 0 N–H and O–H groups in total. The van der Waals surface area contributed by atoms with Crippen LogP contribution in [0.4, 0.5) is 11.4 Å². The van der Waals surface area contributed by atoms with Gasteiger partial charge in [0.05, 0.1) is 18.7 Å². The number of esters is 1. The van der Waals surface area contributed by atoms with Crippen molar-refractivity contribution < 1.29 is 28.7 Å². The van der Waals surface area contributed by atoms with Crippen LogP contribution >= 0.6 is 0 Å². The van der Waals surface area contributed by atoms with Gasteiger partial charge in [-0.25, -0.2) is 0 Å². The van der Waals surface area contributed by atoms with Gasteiger partial charge in [0.25, 0.3) is 0 Å². The fourth-order valence-electron chi connectivity index (χ4n) is 3.82. The van der Waals surface area contributed by atoms with Crippen LogP contribution in [-0.2, 0) is 19.2 Å². The third-order valence-corrected chi connectivity index (χ3v) is 5.40. The Morgan fingerprint density at radius 1 is 0.903 bits per heavy atom. The Labute approximate surface area is 179 Å². The fraction of sp³-hybridized carbons (Fsp3) is 0.304. The molecule has 2 aliphatic rings. The number of imide groups is 1. The zero-order valence-electron chi connectivity index (χ0n) is 17.1. The molecule has 0 unspecified atom stereocenters. The first kappa shape index (κ1) is 20.6. The molecule has 0 radical (unpaired) electrons. The van der Waals surface area contributed by atoms with Crippen molar-refractivity contribution in [1.82, 2.24) is 0 Å². The van der Waals surface area contributed by atoms with Crippen LogP contribution in [0.5, 0.6) is 11.5 Å². The van der Waals surface area contributed by atoms with E-state index in [4.69, 9.17) is 9.47 Å². The van der Waals surface area contributed by atoms with Gasteiger partial charge in [-0.1, -0.05) is 12.1 Å². The van der Waals surface area contributed by atoms with Crippen molar-refractivity contribution in [3.8, 4) is 11.5 Å². The molecular weight excluding hydrogens is 400 g/mol. The number of hydrogen-bond donors (Lipinski definition) is 0. The van der Waals surface area contributed by atoms with E-state index in [0.29, 0.717) is 36.4 Å². The topological polar surface area (TPSA) is 93.2 Å². The van der Waals surface area contributed by atoms with Gasteiger partial charge in [0.1, 0.15) is 11.5 Å². The smallest absolute Gasteiger partial charge is 0.316 e.